The zero-order chi connectivity index (χ0) is 18.6. The lowest BCUT2D eigenvalue weighted by Gasteiger charge is -2.26. The Hall–Kier alpha value is -3.03. The molecule has 4 rings (SSSR count). The molecular weight excluding hydrogens is 344 g/mol. The summed E-state index contributed by atoms with van der Waals surface area (Å²) in [5.74, 6) is -0.550. The van der Waals surface area contributed by atoms with Crippen LogP contribution in [0.2, 0.25) is 0 Å². The number of morpholine rings is 1. The van der Waals surface area contributed by atoms with Crippen LogP contribution in [-0.2, 0) is 11.3 Å². The number of rotatable bonds is 4. The van der Waals surface area contributed by atoms with Crippen molar-refractivity contribution in [2.24, 2.45) is 10.2 Å². The van der Waals surface area contributed by atoms with Gasteiger partial charge in [0, 0.05) is 30.6 Å². The summed E-state index contributed by atoms with van der Waals surface area (Å²) in [7, 11) is 0. The van der Waals surface area contributed by atoms with Gasteiger partial charge in [-0.3, -0.25) is 9.69 Å². The summed E-state index contributed by atoms with van der Waals surface area (Å²) in [4.78, 5) is 17.4. The average Bonchev–Trinajstić information content (AvgIpc) is 3.02. The second-order valence-electron chi connectivity index (χ2n) is 6.46. The SMILES string of the molecule is O=C(N=Nc1c(O)[nH]c2ccccc12)c1ccc(CN2CCOCC2)cc1. The molecule has 3 aromatic rings. The largest absolute Gasteiger partial charge is 0.493 e. The average molecular weight is 364 g/mol. The second kappa shape index (κ2) is 7.69. The molecule has 2 N–H and O–H groups in total. The summed E-state index contributed by atoms with van der Waals surface area (Å²) < 4.78 is 5.35. The van der Waals surface area contributed by atoms with Gasteiger partial charge in [-0.15, -0.1) is 10.2 Å². The number of hydrogen-bond donors (Lipinski definition) is 2. The van der Waals surface area contributed by atoms with Crippen LogP contribution in [0.1, 0.15) is 15.9 Å². The minimum Gasteiger partial charge on any atom is -0.493 e. The number of carbonyl (C=O) groups excluding carboxylic acids is 1. The number of azo groups is 1. The van der Waals surface area contributed by atoms with Crippen molar-refractivity contribution in [1.29, 1.82) is 0 Å². The van der Waals surface area contributed by atoms with Gasteiger partial charge in [0.05, 0.1) is 18.7 Å². The predicted molar refractivity (Wildman–Crippen MR) is 101 cm³/mol. The van der Waals surface area contributed by atoms with E-state index in [0.717, 1.165) is 43.9 Å². The quantitative estimate of drug-likeness (QED) is 0.692. The summed E-state index contributed by atoms with van der Waals surface area (Å²) in [5, 5.41) is 18.4. The third-order valence-electron chi connectivity index (χ3n) is 4.61. The number of nitrogens with one attached hydrogen (secondary N) is 1. The maximum absolute atomic E-state index is 12.3. The molecule has 138 valence electrons. The van der Waals surface area contributed by atoms with Gasteiger partial charge >= 0.3 is 0 Å². The van der Waals surface area contributed by atoms with Crippen LogP contribution in [0.3, 0.4) is 0 Å². The number of para-hydroxylation sites is 1. The maximum atomic E-state index is 12.3. The lowest BCUT2D eigenvalue weighted by atomic mass is 10.1. The molecule has 2 aromatic carbocycles. The molecule has 1 aliphatic heterocycles. The Labute approximate surface area is 156 Å². The van der Waals surface area contributed by atoms with Crippen molar-refractivity contribution in [2.75, 3.05) is 26.3 Å². The number of aromatic hydroxyl groups is 1. The number of carbonyl (C=O) groups is 1. The lowest BCUT2D eigenvalue weighted by molar-refractivity contribution is 0.0342. The van der Waals surface area contributed by atoms with E-state index in [-0.39, 0.29) is 11.6 Å². The molecule has 0 aliphatic carbocycles. The van der Waals surface area contributed by atoms with E-state index in [9.17, 15) is 9.90 Å². The van der Waals surface area contributed by atoms with E-state index in [2.05, 4.69) is 20.1 Å². The van der Waals surface area contributed by atoms with Gasteiger partial charge in [-0.1, -0.05) is 30.3 Å². The van der Waals surface area contributed by atoms with Crippen molar-refractivity contribution in [3.8, 4) is 5.88 Å². The molecule has 7 nitrogen and oxygen atoms in total. The van der Waals surface area contributed by atoms with E-state index in [1.165, 1.54) is 0 Å². The third kappa shape index (κ3) is 3.89. The number of amides is 1. The monoisotopic (exact) mass is 364 g/mol. The summed E-state index contributed by atoms with van der Waals surface area (Å²) in [5.41, 5.74) is 2.61. The van der Waals surface area contributed by atoms with E-state index in [1.54, 1.807) is 12.1 Å². The Bertz CT molecular complexity index is 973. The van der Waals surface area contributed by atoms with Gasteiger partial charge in [0.25, 0.3) is 5.91 Å². The molecule has 0 radical (unpaired) electrons. The van der Waals surface area contributed by atoms with E-state index >= 15 is 0 Å². The summed E-state index contributed by atoms with van der Waals surface area (Å²) in [6.07, 6.45) is 0. The molecule has 1 aromatic heterocycles. The molecule has 0 spiro atoms. The molecule has 0 bridgehead atoms. The van der Waals surface area contributed by atoms with Crippen LogP contribution in [0.15, 0.2) is 58.8 Å². The zero-order valence-corrected chi connectivity index (χ0v) is 14.8. The second-order valence-corrected chi connectivity index (χ2v) is 6.46. The van der Waals surface area contributed by atoms with Crippen LogP contribution in [0.4, 0.5) is 5.69 Å². The summed E-state index contributed by atoms with van der Waals surface area (Å²) in [6, 6.07) is 14.7. The number of ether oxygens (including phenoxy) is 1. The van der Waals surface area contributed by atoms with Crippen LogP contribution in [-0.4, -0.2) is 47.2 Å². The number of H-pyrrole nitrogens is 1. The van der Waals surface area contributed by atoms with E-state index in [4.69, 9.17) is 4.74 Å². The first-order valence-electron chi connectivity index (χ1n) is 8.85. The lowest BCUT2D eigenvalue weighted by Crippen LogP contribution is -2.35. The van der Waals surface area contributed by atoms with Gasteiger partial charge in [0.1, 0.15) is 0 Å². The molecule has 0 unspecified atom stereocenters. The Kier molecular flexibility index (Phi) is 4.95. The standard InChI is InChI=1S/C20H20N4O3/c25-19(23-22-18-16-3-1-2-4-17(16)21-20(18)26)15-7-5-14(6-8-15)13-24-9-11-27-12-10-24/h1-8,21,26H,9-13H2. The minimum atomic E-state index is -0.447. The van der Waals surface area contributed by atoms with Crippen LogP contribution in [0.5, 0.6) is 5.88 Å². The van der Waals surface area contributed by atoms with Gasteiger partial charge in [-0.05, 0) is 23.8 Å². The number of benzene rings is 2. The van der Waals surface area contributed by atoms with Crippen LogP contribution < -0.4 is 0 Å². The third-order valence-corrected chi connectivity index (χ3v) is 4.61. The molecule has 0 saturated carbocycles. The van der Waals surface area contributed by atoms with Gasteiger partial charge in [0.2, 0.25) is 5.88 Å². The normalized spacial score (nSPS) is 15.6. The van der Waals surface area contributed by atoms with Crippen molar-refractivity contribution < 1.29 is 14.6 Å². The van der Waals surface area contributed by atoms with Gasteiger partial charge < -0.3 is 14.8 Å². The zero-order valence-electron chi connectivity index (χ0n) is 14.8. The molecule has 2 heterocycles. The van der Waals surface area contributed by atoms with Crippen LogP contribution in [0, 0.1) is 0 Å². The fourth-order valence-electron chi connectivity index (χ4n) is 3.14. The Balaban J connectivity index is 1.46. The number of hydrogen-bond acceptors (Lipinski definition) is 5. The van der Waals surface area contributed by atoms with Crippen molar-refractivity contribution in [3.05, 3.63) is 59.7 Å². The molecule has 27 heavy (non-hydrogen) atoms. The van der Waals surface area contributed by atoms with E-state index in [1.807, 2.05) is 36.4 Å². The van der Waals surface area contributed by atoms with Gasteiger partial charge in [-0.2, -0.15) is 0 Å². The molecule has 1 saturated heterocycles. The Morgan fingerprint density at radius 1 is 1.11 bits per heavy atom. The van der Waals surface area contributed by atoms with Crippen molar-refractivity contribution in [1.82, 2.24) is 9.88 Å². The smallest absolute Gasteiger partial charge is 0.295 e. The maximum Gasteiger partial charge on any atom is 0.295 e. The number of fused-ring (bicyclic) bond motifs is 1. The highest BCUT2D eigenvalue weighted by Crippen LogP contribution is 2.35. The van der Waals surface area contributed by atoms with Crippen LogP contribution in [0.25, 0.3) is 10.9 Å². The first-order chi connectivity index (χ1) is 13.2. The first kappa shape index (κ1) is 17.4. The minimum absolute atomic E-state index is 0.103. The first-order valence-corrected chi connectivity index (χ1v) is 8.85. The summed E-state index contributed by atoms with van der Waals surface area (Å²) in [6.45, 7) is 4.20. The predicted octanol–water partition coefficient (Wildman–Crippen LogP) is 3.63. The molecule has 1 aliphatic rings. The van der Waals surface area contributed by atoms with Crippen molar-refractivity contribution in [3.63, 3.8) is 0 Å². The molecule has 1 amide bonds. The Morgan fingerprint density at radius 3 is 2.63 bits per heavy atom. The topological polar surface area (TPSA) is 90.3 Å². The number of nitrogens with zero attached hydrogens (tertiary/aromatic N) is 3. The van der Waals surface area contributed by atoms with Gasteiger partial charge in [-0.25, -0.2) is 0 Å². The molecule has 1 fully saturated rings. The fourth-order valence-corrected chi connectivity index (χ4v) is 3.14. The molecular formula is C20H20N4O3. The van der Waals surface area contributed by atoms with Crippen LogP contribution >= 0.6 is 0 Å². The van der Waals surface area contributed by atoms with Gasteiger partial charge in [0.15, 0.2) is 5.69 Å². The highest BCUT2D eigenvalue weighted by molar-refractivity contribution is 5.96. The highest BCUT2D eigenvalue weighted by atomic mass is 16.5. The molecule has 0 atom stereocenters. The number of aromatic amines is 1. The summed E-state index contributed by atoms with van der Waals surface area (Å²) >= 11 is 0. The van der Waals surface area contributed by atoms with E-state index in [0.29, 0.717) is 10.9 Å². The van der Waals surface area contributed by atoms with Crippen molar-refractivity contribution in [2.45, 2.75) is 6.54 Å². The van der Waals surface area contributed by atoms with E-state index < -0.39 is 5.91 Å². The Morgan fingerprint density at radius 2 is 1.85 bits per heavy atom. The highest BCUT2D eigenvalue weighted by Gasteiger charge is 2.13. The molecule has 7 heteroatoms. The van der Waals surface area contributed by atoms with Crippen molar-refractivity contribution >= 4 is 22.5 Å². The number of aromatic nitrogens is 1. The fraction of sp³-hybridized carbons (Fsp3) is 0.250.